The number of thioether (sulfide) groups is 1. The van der Waals surface area contributed by atoms with Gasteiger partial charge in [0.25, 0.3) is 5.91 Å². The summed E-state index contributed by atoms with van der Waals surface area (Å²) in [5.74, 6) is -1.30. The fourth-order valence-corrected chi connectivity index (χ4v) is 4.09. The Balaban J connectivity index is 1.59. The minimum atomic E-state index is -1.14. The summed E-state index contributed by atoms with van der Waals surface area (Å²) in [6.45, 7) is -0.559. The molecule has 2 aromatic carbocycles. The Bertz CT molecular complexity index is 1280. The van der Waals surface area contributed by atoms with Crippen LogP contribution in [-0.2, 0) is 9.59 Å². The first-order chi connectivity index (χ1) is 14.9. The summed E-state index contributed by atoms with van der Waals surface area (Å²) in [6, 6.07) is 12.3. The van der Waals surface area contributed by atoms with E-state index in [-0.39, 0.29) is 27.4 Å². The number of hydrogen-bond acceptors (Lipinski definition) is 6. The van der Waals surface area contributed by atoms with E-state index in [0.29, 0.717) is 10.1 Å². The Labute approximate surface area is 190 Å². The van der Waals surface area contributed by atoms with Crippen LogP contribution in [0.15, 0.2) is 58.6 Å². The molecule has 31 heavy (non-hydrogen) atoms. The second kappa shape index (κ2) is 8.97. The largest absolute Gasteiger partial charge is 0.480 e. The third kappa shape index (κ3) is 4.99. The Morgan fingerprint density at radius 2 is 2.06 bits per heavy atom. The molecule has 156 valence electrons. The Morgan fingerprint density at radius 1 is 1.23 bits per heavy atom. The lowest BCUT2D eigenvalue weighted by Crippen LogP contribution is -2.19. The van der Waals surface area contributed by atoms with Crippen LogP contribution in [0.4, 0.5) is 5.69 Å². The van der Waals surface area contributed by atoms with E-state index < -0.39 is 12.6 Å². The molecule has 1 fully saturated rings. The van der Waals surface area contributed by atoms with E-state index in [4.69, 9.17) is 33.0 Å². The van der Waals surface area contributed by atoms with Crippen LogP contribution in [0.2, 0.25) is 10.0 Å². The topological polar surface area (TPSA) is 101 Å². The molecule has 2 N–H and O–H groups in total. The van der Waals surface area contributed by atoms with Crippen molar-refractivity contribution in [3.8, 4) is 5.75 Å². The first-order valence-electron chi connectivity index (χ1n) is 8.87. The Hall–Kier alpha value is -3.07. The zero-order valence-corrected chi connectivity index (χ0v) is 18.0. The van der Waals surface area contributed by atoms with Gasteiger partial charge in [0.15, 0.2) is 11.8 Å². The van der Waals surface area contributed by atoms with Crippen LogP contribution in [-0.4, -0.2) is 33.7 Å². The number of benzene rings is 2. The lowest BCUT2D eigenvalue weighted by Gasteiger charge is -2.08. The maximum Gasteiger partial charge on any atom is 0.341 e. The van der Waals surface area contributed by atoms with E-state index in [0.717, 1.165) is 28.2 Å². The molecule has 1 aromatic heterocycles. The van der Waals surface area contributed by atoms with Crippen molar-refractivity contribution in [3.63, 3.8) is 0 Å². The number of rotatable bonds is 5. The summed E-state index contributed by atoms with van der Waals surface area (Å²) in [6.07, 6.45) is 3.49. The first kappa shape index (κ1) is 21.2. The van der Waals surface area contributed by atoms with Crippen LogP contribution in [0, 0.1) is 0 Å². The molecule has 1 aliphatic heterocycles. The van der Waals surface area contributed by atoms with Gasteiger partial charge in [0, 0.05) is 17.6 Å². The predicted octanol–water partition coefficient (Wildman–Crippen LogP) is 4.90. The lowest BCUT2D eigenvalue weighted by atomic mass is 10.1. The molecule has 10 heteroatoms. The number of ether oxygens (including phenoxy) is 1. The molecule has 0 aliphatic carbocycles. The summed E-state index contributed by atoms with van der Waals surface area (Å²) in [7, 11) is 0. The van der Waals surface area contributed by atoms with Gasteiger partial charge in [-0.1, -0.05) is 35.3 Å². The summed E-state index contributed by atoms with van der Waals surface area (Å²) in [5.41, 5.74) is 2.01. The fourth-order valence-electron chi connectivity index (χ4n) is 2.78. The minimum Gasteiger partial charge on any atom is -0.480 e. The number of amidine groups is 1. The maximum absolute atomic E-state index is 12.4. The van der Waals surface area contributed by atoms with Gasteiger partial charge >= 0.3 is 5.97 Å². The molecule has 3 aromatic rings. The molecule has 0 unspecified atom stereocenters. The normalized spacial score (nSPS) is 16.1. The fraction of sp³-hybridized carbons (Fsp3) is 0.0476. The number of halogens is 2. The minimum absolute atomic E-state index is 0.127. The van der Waals surface area contributed by atoms with Crippen LogP contribution in [0.3, 0.4) is 0 Å². The van der Waals surface area contributed by atoms with Crippen molar-refractivity contribution in [2.24, 2.45) is 4.99 Å². The molecule has 2 heterocycles. The van der Waals surface area contributed by atoms with Crippen molar-refractivity contribution in [1.29, 1.82) is 0 Å². The third-order valence-electron chi connectivity index (χ3n) is 4.15. The number of pyridine rings is 1. The van der Waals surface area contributed by atoms with Crippen LogP contribution >= 0.6 is 35.0 Å². The molecule has 0 spiro atoms. The highest BCUT2D eigenvalue weighted by Crippen LogP contribution is 2.37. The molecule has 1 saturated heterocycles. The quantitative estimate of drug-likeness (QED) is 0.511. The molecule has 0 atom stereocenters. The average molecular weight is 474 g/mol. The van der Waals surface area contributed by atoms with Crippen LogP contribution in [0.5, 0.6) is 5.75 Å². The van der Waals surface area contributed by atoms with Crippen molar-refractivity contribution < 1.29 is 19.4 Å². The van der Waals surface area contributed by atoms with E-state index >= 15 is 0 Å². The van der Waals surface area contributed by atoms with E-state index in [2.05, 4.69) is 15.3 Å². The van der Waals surface area contributed by atoms with Gasteiger partial charge in [0.2, 0.25) is 0 Å². The van der Waals surface area contributed by atoms with Gasteiger partial charge in [0.1, 0.15) is 5.75 Å². The van der Waals surface area contributed by atoms with Gasteiger partial charge in [0.05, 0.1) is 26.2 Å². The number of carbonyl (C=O) groups excluding carboxylic acids is 1. The molecule has 7 nitrogen and oxygen atoms in total. The highest BCUT2D eigenvalue weighted by atomic mass is 35.5. The number of fused-ring (bicyclic) bond motifs is 1. The van der Waals surface area contributed by atoms with Gasteiger partial charge in [-0.25, -0.2) is 9.79 Å². The predicted molar refractivity (Wildman–Crippen MR) is 122 cm³/mol. The zero-order valence-electron chi connectivity index (χ0n) is 15.6. The number of amides is 1. The standard InChI is InChI=1S/C21H13Cl2N3O4S/c22-13-8-14(23)17(30-10-19(27)28)9-16(13)25-21-26-20(29)18(31-21)7-11-3-4-15-12(6-11)2-1-5-24-15/h1-9H,10H2,(H,27,28)(H,25,26,29). The SMILES string of the molecule is O=C(O)COc1cc(N=C2NC(=O)C(=Cc3ccc4ncccc4c3)S2)c(Cl)cc1Cl. The Kier molecular flexibility index (Phi) is 6.13. The summed E-state index contributed by atoms with van der Waals surface area (Å²) in [5, 5.41) is 13.1. The number of nitrogens with one attached hydrogen (secondary N) is 1. The van der Waals surface area contributed by atoms with Crippen molar-refractivity contribution >= 4 is 74.7 Å². The van der Waals surface area contributed by atoms with Gasteiger partial charge in [-0.05, 0) is 47.7 Å². The van der Waals surface area contributed by atoms with E-state index in [9.17, 15) is 9.59 Å². The van der Waals surface area contributed by atoms with Gasteiger partial charge in [-0.3, -0.25) is 9.78 Å². The summed E-state index contributed by atoms with van der Waals surface area (Å²) < 4.78 is 5.14. The zero-order chi connectivity index (χ0) is 22.0. The maximum atomic E-state index is 12.4. The monoisotopic (exact) mass is 473 g/mol. The van der Waals surface area contributed by atoms with E-state index in [1.54, 1.807) is 12.3 Å². The van der Waals surface area contributed by atoms with Gasteiger partial charge < -0.3 is 15.2 Å². The molecular formula is C21H13Cl2N3O4S. The molecule has 0 radical (unpaired) electrons. The number of carboxylic acid groups (broad SMARTS) is 1. The second-order valence-corrected chi connectivity index (χ2v) is 8.20. The van der Waals surface area contributed by atoms with E-state index in [1.165, 1.54) is 12.1 Å². The van der Waals surface area contributed by atoms with Crippen molar-refractivity contribution in [2.45, 2.75) is 0 Å². The molecule has 4 rings (SSSR count). The van der Waals surface area contributed by atoms with Crippen molar-refractivity contribution in [3.05, 3.63) is 69.2 Å². The highest BCUT2D eigenvalue weighted by Gasteiger charge is 2.24. The van der Waals surface area contributed by atoms with Crippen molar-refractivity contribution in [2.75, 3.05) is 6.61 Å². The number of hydrogen-bond donors (Lipinski definition) is 2. The second-order valence-electron chi connectivity index (χ2n) is 6.35. The summed E-state index contributed by atoms with van der Waals surface area (Å²) in [4.78, 5) is 32.2. The lowest BCUT2D eigenvalue weighted by molar-refractivity contribution is -0.139. The molecule has 1 amide bonds. The number of carbonyl (C=O) groups is 2. The number of aromatic nitrogens is 1. The van der Waals surface area contributed by atoms with Gasteiger partial charge in [-0.2, -0.15) is 0 Å². The number of aliphatic imine (C=N–C) groups is 1. The van der Waals surface area contributed by atoms with Crippen LogP contribution in [0.25, 0.3) is 17.0 Å². The van der Waals surface area contributed by atoms with Crippen LogP contribution in [0.1, 0.15) is 5.56 Å². The third-order valence-corrected chi connectivity index (χ3v) is 5.66. The number of nitrogens with zero attached hydrogens (tertiary/aromatic N) is 2. The Morgan fingerprint density at radius 3 is 2.87 bits per heavy atom. The summed E-state index contributed by atoms with van der Waals surface area (Å²) >= 11 is 13.4. The highest BCUT2D eigenvalue weighted by molar-refractivity contribution is 8.18. The number of carboxylic acids is 1. The smallest absolute Gasteiger partial charge is 0.341 e. The molecule has 0 saturated carbocycles. The first-order valence-corrected chi connectivity index (χ1v) is 10.4. The van der Waals surface area contributed by atoms with Crippen LogP contribution < -0.4 is 10.1 Å². The van der Waals surface area contributed by atoms with Crippen molar-refractivity contribution in [1.82, 2.24) is 10.3 Å². The average Bonchev–Trinajstić information content (AvgIpc) is 3.07. The van der Waals surface area contributed by atoms with Gasteiger partial charge in [-0.15, -0.1) is 0 Å². The molecule has 0 bridgehead atoms. The number of aliphatic carboxylic acids is 1. The molecular weight excluding hydrogens is 461 g/mol. The molecule has 1 aliphatic rings. The van der Waals surface area contributed by atoms with E-state index in [1.807, 2.05) is 30.3 Å².